The van der Waals surface area contributed by atoms with E-state index in [2.05, 4.69) is 270 Å². The van der Waals surface area contributed by atoms with Crippen LogP contribution >= 0.6 is 0 Å². The van der Waals surface area contributed by atoms with Crippen LogP contribution in [0.5, 0.6) is 0 Å². The fraction of sp³-hybridized carbons (Fsp3) is 0.0789. The van der Waals surface area contributed by atoms with E-state index < -0.39 is 0 Å². The van der Waals surface area contributed by atoms with Crippen molar-refractivity contribution in [1.82, 2.24) is 19.9 Å². The molecule has 16 rings (SSSR count). The summed E-state index contributed by atoms with van der Waals surface area (Å²) in [5.74, 6) is 0.654. The Labute approximate surface area is 464 Å². The van der Waals surface area contributed by atoms with Gasteiger partial charge in [-0.1, -0.05) is 234 Å². The molecular formula is C76H52N4. The molecule has 0 saturated heterocycles. The number of aromatic nitrogens is 4. The predicted octanol–water partition coefficient (Wildman–Crippen LogP) is 19.6. The summed E-state index contributed by atoms with van der Waals surface area (Å²) in [6, 6.07) is 88.3. The molecule has 0 aliphatic heterocycles. The predicted molar refractivity (Wildman–Crippen MR) is 333 cm³/mol. The van der Waals surface area contributed by atoms with Crippen molar-refractivity contribution in [2.45, 2.75) is 38.5 Å². The molecule has 3 heterocycles. The van der Waals surface area contributed by atoms with E-state index in [1.54, 1.807) is 0 Å². The highest BCUT2D eigenvalue weighted by Crippen LogP contribution is 2.52. The third-order valence-electron chi connectivity index (χ3n) is 17.7. The molecule has 4 heteroatoms. The summed E-state index contributed by atoms with van der Waals surface area (Å²) in [6.45, 7) is 9.44. The molecule has 0 spiro atoms. The molecule has 0 atom stereocenters. The molecule has 0 radical (unpaired) electrons. The van der Waals surface area contributed by atoms with Gasteiger partial charge in [-0.05, 0) is 108 Å². The van der Waals surface area contributed by atoms with Gasteiger partial charge in [0.25, 0.3) is 0 Å². The summed E-state index contributed by atoms with van der Waals surface area (Å²) >= 11 is 0. The van der Waals surface area contributed by atoms with E-state index in [1.165, 1.54) is 55.3 Å². The van der Waals surface area contributed by atoms with Crippen LogP contribution in [-0.2, 0) is 10.8 Å². The second-order valence-corrected chi connectivity index (χ2v) is 22.9. The topological polar surface area (TPSA) is 51.6 Å². The average Bonchev–Trinajstić information content (AvgIpc) is 3.92. The zero-order chi connectivity index (χ0) is 53.4. The summed E-state index contributed by atoms with van der Waals surface area (Å²) in [7, 11) is 0. The Morgan fingerprint density at radius 3 is 1.15 bits per heavy atom. The molecule has 3 aromatic heterocycles. The zero-order valence-corrected chi connectivity index (χ0v) is 44.9. The first-order chi connectivity index (χ1) is 39.2. The normalized spacial score (nSPS) is 13.7. The summed E-state index contributed by atoms with van der Waals surface area (Å²) in [5.41, 5.74) is 24.3. The average molecular weight is 1020 g/mol. The van der Waals surface area contributed by atoms with Crippen LogP contribution in [0.4, 0.5) is 0 Å². The van der Waals surface area contributed by atoms with E-state index in [4.69, 9.17) is 19.9 Å². The largest absolute Gasteiger partial charge is 0.247 e. The molecule has 0 bridgehead atoms. The van der Waals surface area contributed by atoms with Gasteiger partial charge in [0, 0.05) is 65.6 Å². The van der Waals surface area contributed by atoms with Crippen molar-refractivity contribution in [1.29, 1.82) is 0 Å². The lowest BCUT2D eigenvalue weighted by molar-refractivity contribution is 0.660. The fourth-order valence-corrected chi connectivity index (χ4v) is 13.5. The second kappa shape index (κ2) is 17.3. The lowest BCUT2D eigenvalue weighted by Gasteiger charge is -2.23. The van der Waals surface area contributed by atoms with Gasteiger partial charge in [-0.2, -0.15) is 0 Å². The smallest absolute Gasteiger partial charge is 0.160 e. The van der Waals surface area contributed by atoms with Crippen molar-refractivity contribution in [2.75, 3.05) is 0 Å². The van der Waals surface area contributed by atoms with Crippen molar-refractivity contribution in [3.63, 3.8) is 0 Å². The van der Waals surface area contributed by atoms with E-state index in [-0.39, 0.29) is 10.8 Å². The van der Waals surface area contributed by atoms with Gasteiger partial charge in [-0.25, -0.2) is 19.9 Å². The molecule has 11 aromatic carbocycles. The quantitative estimate of drug-likeness (QED) is 0.156. The fourth-order valence-electron chi connectivity index (χ4n) is 13.5. The number of fused-ring (bicyclic) bond motifs is 13. The van der Waals surface area contributed by atoms with Crippen LogP contribution in [0.2, 0.25) is 0 Å². The Kier molecular flexibility index (Phi) is 9.99. The van der Waals surface area contributed by atoms with Gasteiger partial charge < -0.3 is 0 Å². The second-order valence-electron chi connectivity index (χ2n) is 22.9. The first-order valence-electron chi connectivity index (χ1n) is 27.8. The molecule has 0 unspecified atom stereocenters. The van der Waals surface area contributed by atoms with Gasteiger partial charge in [-0.15, -0.1) is 0 Å². The van der Waals surface area contributed by atoms with Gasteiger partial charge in [0.15, 0.2) is 5.82 Å². The number of hydrogen-bond donors (Lipinski definition) is 0. The van der Waals surface area contributed by atoms with Crippen LogP contribution < -0.4 is 0 Å². The van der Waals surface area contributed by atoms with E-state index in [1.807, 2.05) is 0 Å². The van der Waals surface area contributed by atoms with Gasteiger partial charge in [0.05, 0.1) is 33.6 Å². The molecule has 0 saturated carbocycles. The first-order valence-corrected chi connectivity index (χ1v) is 27.8. The molecule has 376 valence electrons. The highest BCUT2D eigenvalue weighted by atomic mass is 14.9. The van der Waals surface area contributed by atoms with Gasteiger partial charge >= 0.3 is 0 Å². The number of benzene rings is 11. The van der Waals surface area contributed by atoms with Gasteiger partial charge in [0.1, 0.15) is 0 Å². The molecule has 4 nitrogen and oxygen atoms in total. The SMILES string of the molecule is CC1(C)c2ccccc2-c2ccc(-c3cc(-c4ccc5c(c4)C(C)(C)c4ccccc4-5)c4nc(-c5ccc(-c6nc7ccccc7c7ccccc67)cc5)nc(-c5ccc(-c6nc7ccccc7c7ccccc67)cc5)c4c3)cc21. The van der Waals surface area contributed by atoms with Crippen LogP contribution in [-0.4, -0.2) is 19.9 Å². The van der Waals surface area contributed by atoms with E-state index >= 15 is 0 Å². The molecule has 2 aliphatic rings. The number of pyridine rings is 2. The number of nitrogens with zero attached hydrogens (tertiary/aromatic N) is 4. The van der Waals surface area contributed by atoms with Crippen molar-refractivity contribution in [3.8, 4) is 89.7 Å². The van der Waals surface area contributed by atoms with Gasteiger partial charge in [-0.3, -0.25) is 0 Å². The van der Waals surface area contributed by atoms with Crippen molar-refractivity contribution in [2.24, 2.45) is 0 Å². The molecule has 0 fully saturated rings. The standard InChI is InChI=1S/C76H52N4/c1-75(2)64-25-13-9-19-54(64)56-39-37-49(43-66(56)75)51-41-62(50-38-40-57-55-20-10-14-26-65(55)76(3,4)67(57)44-50)73-63(42-51)72(47-31-29-45(30-32-47)70-60-23-7-5-17-52(60)58-21-11-15-27-68(58)77-70)79-74(80-73)48-35-33-46(34-36-48)71-61-24-8-6-18-53(61)59-22-12-16-28-69(59)78-71/h5-44H,1-4H3. The molecule has 2 aliphatic carbocycles. The lowest BCUT2D eigenvalue weighted by atomic mass is 9.81. The third kappa shape index (κ3) is 6.95. The molecule has 0 amide bonds. The van der Waals surface area contributed by atoms with Crippen LogP contribution in [0.25, 0.3) is 144 Å². The van der Waals surface area contributed by atoms with E-state index in [0.717, 1.165) is 105 Å². The molecular weight excluding hydrogens is 969 g/mol. The highest BCUT2D eigenvalue weighted by Gasteiger charge is 2.37. The Morgan fingerprint density at radius 2 is 0.625 bits per heavy atom. The number of hydrogen-bond acceptors (Lipinski definition) is 4. The molecule has 80 heavy (non-hydrogen) atoms. The minimum atomic E-state index is -0.193. The monoisotopic (exact) mass is 1020 g/mol. The minimum absolute atomic E-state index is 0.161. The zero-order valence-electron chi connectivity index (χ0n) is 44.9. The van der Waals surface area contributed by atoms with Crippen LogP contribution in [0, 0.1) is 0 Å². The number of para-hydroxylation sites is 2. The number of rotatable bonds is 6. The maximum absolute atomic E-state index is 5.70. The molecule has 14 aromatic rings. The summed E-state index contributed by atoms with van der Waals surface area (Å²) in [4.78, 5) is 21.9. The van der Waals surface area contributed by atoms with Gasteiger partial charge in [0.2, 0.25) is 0 Å². The van der Waals surface area contributed by atoms with E-state index in [0.29, 0.717) is 5.82 Å². The van der Waals surface area contributed by atoms with Crippen molar-refractivity contribution >= 4 is 54.3 Å². The lowest BCUT2D eigenvalue weighted by Crippen LogP contribution is -2.15. The summed E-state index contributed by atoms with van der Waals surface area (Å²) < 4.78 is 0. The van der Waals surface area contributed by atoms with E-state index in [9.17, 15) is 0 Å². The maximum Gasteiger partial charge on any atom is 0.160 e. The van der Waals surface area contributed by atoms with Crippen molar-refractivity contribution < 1.29 is 0 Å². The Bertz CT molecular complexity index is 4930. The minimum Gasteiger partial charge on any atom is -0.247 e. The summed E-state index contributed by atoms with van der Waals surface area (Å²) in [5, 5.41) is 7.91. The molecule has 0 N–H and O–H groups in total. The van der Waals surface area contributed by atoms with Crippen molar-refractivity contribution in [3.05, 3.63) is 265 Å². The highest BCUT2D eigenvalue weighted by molar-refractivity contribution is 6.12. The third-order valence-corrected chi connectivity index (χ3v) is 17.7. The summed E-state index contributed by atoms with van der Waals surface area (Å²) in [6.07, 6.45) is 0. The Morgan fingerprint density at radius 1 is 0.237 bits per heavy atom. The Hall–Kier alpha value is -9.90. The Balaban J connectivity index is 0.927. The van der Waals surface area contributed by atoms with Crippen LogP contribution in [0.3, 0.4) is 0 Å². The van der Waals surface area contributed by atoms with Crippen LogP contribution in [0.15, 0.2) is 243 Å². The maximum atomic E-state index is 5.70. The van der Waals surface area contributed by atoms with Crippen LogP contribution in [0.1, 0.15) is 49.9 Å². The first kappa shape index (κ1) is 46.2.